The number of benzene rings is 1. The van der Waals surface area contributed by atoms with Crippen molar-refractivity contribution in [2.45, 2.75) is 43.5 Å². The lowest BCUT2D eigenvalue weighted by molar-refractivity contribution is 0.134. The van der Waals surface area contributed by atoms with E-state index in [1.54, 1.807) is 29.0 Å². The third-order valence-corrected chi connectivity index (χ3v) is 6.55. The minimum atomic E-state index is -3.47. The topological polar surface area (TPSA) is 64.4 Å². The molecule has 1 saturated heterocycles. The lowest BCUT2D eigenvalue weighted by Crippen LogP contribution is -2.37. The van der Waals surface area contributed by atoms with Gasteiger partial charge in [-0.3, -0.25) is 0 Å². The van der Waals surface area contributed by atoms with E-state index in [-0.39, 0.29) is 6.04 Å². The Hall–Kier alpha value is -1.70. The molecular weight excluding hydrogens is 314 g/mol. The summed E-state index contributed by atoms with van der Waals surface area (Å²) in [7, 11) is -3.47. The molecule has 2 aliphatic heterocycles. The molecule has 6 nitrogen and oxygen atoms in total. The summed E-state index contributed by atoms with van der Waals surface area (Å²) in [6, 6.07) is 5.33. The Bertz CT molecular complexity index is 802. The first-order valence-electron chi connectivity index (χ1n) is 7.82. The average molecular weight is 333 g/mol. The zero-order chi connectivity index (χ0) is 15.9. The van der Waals surface area contributed by atoms with Gasteiger partial charge in [0.15, 0.2) is 0 Å². The predicted octanol–water partition coefficient (Wildman–Crippen LogP) is 1.77. The van der Waals surface area contributed by atoms with Gasteiger partial charge in [0.1, 0.15) is 0 Å². The van der Waals surface area contributed by atoms with E-state index in [2.05, 4.69) is 4.98 Å². The molecule has 122 valence electrons. The summed E-state index contributed by atoms with van der Waals surface area (Å²) in [6.07, 6.45) is 7.10. The zero-order valence-electron chi connectivity index (χ0n) is 12.8. The first kappa shape index (κ1) is 14.9. The van der Waals surface area contributed by atoms with Crippen molar-refractivity contribution >= 4 is 10.0 Å². The highest BCUT2D eigenvalue weighted by Crippen LogP contribution is 2.29. The average Bonchev–Trinajstić information content (AvgIpc) is 3.28. The predicted molar refractivity (Wildman–Crippen MR) is 84.1 cm³/mol. The van der Waals surface area contributed by atoms with Crippen LogP contribution in [0.15, 0.2) is 41.8 Å². The minimum Gasteiger partial charge on any atom is -0.372 e. The molecule has 0 spiro atoms. The van der Waals surface area contributed by atoms with Crippen LogP contribution in [0.5, 0.6) is 0 Å². The van der Waals surface area contributed by atoms with Crippen LogP contribution in [0.4, 0.5) is 0 Å². The Labute approximate surface area is 135 Å². The van der Waals surface area contributed by atoms with Crippen molar-refractivity contribution in [1.82, 2.24) is 13.9 Å². The molecule has 3 heterocycles. The summed E-state index contributed by atoms with van der Waals surface area (Å²) >= 11 is 0. The van der Waals surface area contributed by atoms with Gasteiger partial charge in [-0.25, -0.2) is 13.4 Å². The number of rotatable bonds is 4. The second kappa shape index (κ2) is 5.74. The summed E-state index contributed by atoms with van der Waals surface area (Å²) in [5, 5.41) is 0. The molecule has 0 N–H and O–H groups in total. The highest BCUT2D eigenvalue weighted by molar-refractivity contribution is 7.89. The van der Waals surface area contributed by atoms with E-state index in [1.165, 1.54) is 0 Å². The van der Waals surface area contributed by atoms with Crippen molar-refractivity contribution < 1.29 is 13.2 Å². The van der Waals surface area contributed by atoms with E-state index in [0.29, 0.717) is 31.2 Å². The molecule has 2 aliphatic rings. The number of fused-ring (bicyclic) bond motifs is 1. The summed E-state index contributed by atoms with van der Waals surface area (Å²) in [5.41, 5.74) is 2.07. The number of nitrogens with zero attached hydrogens (tertiary/aromatic N) is 3. The number of ether oxygens (including phenoxy) is 1. The third-order valence-electron chi connectivity index (χ3n) is 4.60. The molecule has 7 heteroatoms. The fourth-order valence-corrected chi connectivity index (χ4v) is 5.13. The van der Waals surface area contributed by atoms with Gasteiger partial charge in [0, 0.05) is 31.5 Å². The molecule has 0 saturated carbocycles. The Morgan fingerprint density at radius 3 is 2.96 bits per heavy atom. The summed E-state index contributed by atoms with van der Waals surface area (Å²) in [6.45, 7) is 2.29. The van der Waals surface area contributed by atoms with E-state index in [9.17, 15) is 8.42 Å². The highest BCUT2D eigenvalue weighted by atomic mass is 32.2. The largest absolute Gasteiger partial charge is 0.372 e. The van der Waals surface area contributed by atoms with Crippen LogP contribution in [0.25, 0.3) is 0 Å². The Kier molecular flexibility index (Phi) is 3.71. The number of aromatic nitrogens is 2. The molecule has 0 radical (unpaired) electrons. The normalized spacial score (nSPS) is 21.7. The van der Waals surface area contributed by atoms with Gasteiger partial charge in [0.2, 0.25) is 10.0 Å². The summed E-state index contributed by atoms with van der Waals surface area (Å²) < 4.78 is 35.0. The second-order valence-electron chi connectivity index (χ2n) is 6.09. The minimum absolute atomic E-state index is 0.0151. The lowest BCUT2D eigenvalue weighted by atomic mass is 10.1. The van der Waals surface area contributed by atoms with Crippen LogP contribution in [0.2, 0.25) is 0 Å². The van der Waals surface area contributed by atoms with Gasteiger partial charge in [0.05, 0.1) is 24.4 Å². The molecule has 0 aliphatic carbocycles. The van der Waals surface area contributed by atoms with Gasteiger partial charge >= 0.3 is 0 Å². The maximum absolute atomic E-state index is 13.0. The molecule has 2 aromatic rings. The molecule has 1 aromatic heterocycles. The lowest BCUT2D eigenvalue weighted by Gasteiger charge is -2.24. The summed E-state index contributed by atoms with van der Waals surface area (Å²) in [4.78, 5) is 4.40. The third kappa shape index (κ3) is 2.69. The van der Waals surface area contributed by atoms with Crippen molar-refractivity contribution in [3.63, 3.8) is 0 Å². The van der Waals surface area contributed by atoms with Gasteiger partial charge in [-0.1, -0.05) is 6.07 Å². The molecule has 0 unspecified atom stereocenters. The van der Waals surface area contributed by atoms with Crippen molar-refractivity contribution in [2.24, 2.45) is 0 Å². The van der Waals surface area contributed by atoms with Crippen molar-refractivity contribution in [1.29, 1.82) is 0 Å². The first-order chi connectivity index (χ1) is 11.1. The monoisotopic (exact) mass is 333 g/mol. The number of hydrogen-bond donors (Lipinski definition) is 0. The van der Waals surface area contributed by atoms with Crippen molar-refractivity contribution in [3.05, 3.63) is 48.0 Å². The molecular formula is C16H19N3O3S. The van der Waals surface area contributed by atoms with E-state index >= 15 is 0 Å². The number of sulfonamides is 1. The fourth-order valence-electron chi connectivity index (χ4n) is 3.39. The van der Waals surface area contributed by atoms with Gasteiger partial charge in [0.25, 0.3) is 0 Å². The van der Waals surface area contributed by atoms with Crippen LogP contribution >= 0.6 is 0 Å². The van der Waals surface area contributed by atoms with Gasteiger partial charge < -0.3 is 9.30 Å². The van der Waals surface area contributed by atoms with Crippen LogP contribution < -0.4 is 0 Å². The highest BCUT2D eigenvalue weighted by Gasteiger charge is 2.35. The Morgan fingerprint density at radius 2 is 2.13 bits per heavy atom. The zero-order valence-corrected chi connectivity index (χ0v) is 13.6. The van der Waals surface area contributed by atoms with E-state index in [1.807, 2.05) is 16.8 Å². The van der Waals surface area contributed by atoms with Gasteiger partial charge in [-0.15, -0.1) is 0 Å². The van der Waals surface area contributed by atoms with Gasteiger partial charge in [-0.05, 0) is 36.1 Å². The maximum atomic E-state index is 13.0. The number of imidazole rings is 1. The van der Waals surface area contributed by atoms with E-state index in [4.69, 9.17) is 4.74 Å². The summed E-state index contributed by atoms with van der Waals surface area (Å²) in [5.74, 6) is 0. The van der Waals surface area contributed by atoms with Crippen molar-refractivity contribution in [3.8, 4) is 0 Å². The van der Waals surface area contributed by atoms with Crippen LogP contribution in [-0.4, -0.2) is 34.9 Å². The second-order valence-corrected chi connectivity index (χ2v) is 7.99. The SMILES string of the molecule is O=S(=O)(c1ccc2c(c1)COC2)N1CCC[C@@H]1Cn1ccnc1. The van der Waals surface area contributed by atoms with Crippen molar-refractivity contribution in [2.75, 3.05) is 6.54 Å². The smallest absolute Gasteiger partial charge is 0.243 e. The molecule has 1 atom stereocenters. The van der Waals surface area contributed by atoms with Crippen LogP contribution in [-0.2, 0) is 34.5 Å². The molecule has 1 fully saturated rings. The van der Waals surface area contributed by atoms with Gasteiger partial charge in [-0.2, -0.15) is 4.31 Å². The molecule has 4 rings (SSSR count). The Morgan fingerprint density at radius 1 is 1.26 bits per heavy atom. The maximum Gasteiger partial charge on any atom is 0.243 e. The quantitative estimate of drug-likeness (QED) is 0.855. The molecule has 23 heavy (non-hydrogen) atoms. The van der Waals surface area contributed by atoms with E-state index < -0.39 is 10.0 Å². The van der Waals surface area contributed by atoms with Crippen LogP contribution in [0.3, 0.4) is 0 Å². The fraction of sp³-hybridized carbons (Fsp3) is 0.438. The van der Waals surface area contributed by atoms with Crippen LogP contribution in [0, 0.1) is 0 Å². The molecule has 0 amide bonds. The Balaban J connectivity index is 1.62. The van der Waals surface area contributed by atoms with Crippen LogP contribution in [0.1, 0.15) is 24.0 Å². The first-order valence-corrected chi connectivity index (χ1v) is 9.26. The number of hydrogen-bond acceptors (Lipinski definition) is 4. The molecule has 0 bridgehead atoms. The standard InChI is InChI=1S/C16H19N3O3S/c20-23(21,16-4-3-13-10-22-11-14(13)8-16)19-6-1-2-15(19)9-18-7-5-17-12-18/h3-5,7-8,12,15H,1-2,6,9-11H2/t15-/m1/s1. The van der Waals surface area contributed by atoms with E-state index in [0.717, 1.165) is 24.0 Å². The molecule has 1 aromatic carbocycles.